The fraction of sp³-hybridized carbons (Fsp3) is 0.250. The predicted octanol–water partition coefficient (Wildman–Crippen LogP) is 2.94. The molecule has 1 unspecified atom stereocenters. The third kappa shape index (κ3) is 3.45. The van der Waals surface area contributed by atoms with Crippen LogP contribution >= 0.6 is 0 Å². The SMILES string of the molecule is O=C(NC(Cc1ccccc1)c1ccccn1)c1cn2c(n1)CCC2. The molecular formula is C20H20N4O. The van der Waals surface area contributed by atoms with Gasteiger partial charge in [-0.2, -0.15) is 0 Å². The van der Waals surface area contributed by atoms with Crippen LogP contribution in [-0.4, -0.2) is 20.4 Å². The Balaban J connectivity index is 1.56. The Kier molecular flexibility index (Phi) is 4.29. The summed E-state index contributed by atoms with van der Waals surface area (Å²) in [5, 5.41) is 3.11. The fourth-order valence-electron chi connectivity index (χ4n) is 3.26. The maximum absolute atomic E-state index is 12.7. The van der Waals surface area contributed by atoms with E-state index >= 15 is 0 Å². The second kappa shape index (κ2) is 6.89. The monoisotopic (exact) mass is 332 g/mol. The Morgan fingerprint density at radius 2 is 2.00 bits per heavy atom. The van der Waals surface area contributed by atoms with Gasteiger partial charge in [0.05, 0.1) is 11.7 Å². The molecule has 0 radical (unpaired) electrons. The third-order valence-electron chi connectivity index (χ3n) is 4.52. The summed E-state index contributed by atoms with van der Waals surface area (Å²) in [5.41, 5.74) is 2.50. The minimum absolute atomic E-state index is 0.145. The van der Waals surface area contributed by atoms with Crippen molar-refractivity contribution in [3.63, 3.8) is 0 Å². The van der Waals surface area contributed by atoms with E-state index in [-0.39, 0.29) is 11.9 Å². The molecule has 126 valence electrons. The lowest BCUT2D eigenvalue weighted by Crippen LogP contribution is -2.31. The van der Waals surface area contributed by atoms with Gasteiger partial charge in [0.15, 0.2) is 0 Å². The van der Waals surface area contributed by atoms with Gasteiger partial charge in [-0.1, -0.05) is 36.4 Å². The standard InChI is InChI=1S/C20H20N4O/c25-20(18-14-24-12-6-10-19(24)22-18)23-17(16-9-4-5-11-21-16)13-15-7-2-1-3-8-15/h1-5,7-9,11,14,17H,6,10,12-13H2,(H,23,25). The van der Waals surface area contributed by atoms with Crippen molar-refractivity contribution in [3.8, 4) is 0 Å². The van der Waals surface area contributed by atoms with E-state index in [1.54, 1.807) is 6.20 Å². The number of rotatable bonds is 5. The first-order chi connectivity index (χ1) is 12.3. The van der Waals surface area contributed by atoms with Crippen LogP contribution in [0.15, 0.2) is 60.9 Å². The van der Waals surface area contributed by atoms with Crippen molar-refractivity contribution in [2.45, 2.75) is 31.8 Å². The number of fused-ring (bicyclic) bond motifs is 1. The number of carbonyl (C=O) groups excluding carboxylic acids is 1. The molecule has 1 aliphatic heterocycles. The van der Waals surface area contributed by atoms with Crippen LogP contribution in [0.5, 0.6) is 0 Å². The second-order valence-electron chi connectivity index (χ2n) is 6.31. The quantitative estimate of drug-likeness (QED) is 0.781. The molecule has 2 aromatic heterocycles. The van der Waals surface area contributed by atoms with Gasteiger partial charge in [0.1, 0.15) is 11.5 Å². The van der Waals surface area contributed by atoms with Crippen molar-refractivity contribution in [2.75, 3.05) is 0 Å². The van der Waals surface area contributed by atoms with Crippen LogP contribution in [0, 0.1) is 0 Å². The second-order valence-corrected chi connectivity index (χ2v) is 6.31. The van der Waals surface area contributed by atoms with Gasteiger partial charge in [0.25, 0.3) is 5.91 Å². The summed E-state index contributed by atoms with van der Waals surface area (Å²) in [6.45, 7) is 0.948. The Hall–Kier alpha value is -2.95. The van der Waals surface area contributed by atoms with Gasteiger partial charge in [-0.05, 0) is 30.5 Å². The topological polar surface area (TPSA) is 59.8 Å². The van der Waals surface area contributed by atoms with E-state index in [1.807, 2.05) is 42.6 Å². The molecule has 3 heterocycles. The normalized spacial score (nSPS) is 14.1. The molecule has 5 nitrogen and oxygen atoms in total. The molecule has 4 rings (SSSR count). The minimum atomic E-state index is -0.187. The number of imidazole rings is 1. The van der Waals surface area contributed by atoms with Crippen LogP contribution in [0.4, 0.5) is 0 Å². The van der Waals surface area contributed by atoms with E-state index in [9.17, 15) is 4.79 Å². The van der Waals surface area contributed by atoms with Crippen LogP contribution in [-0.2, 0) is 19.4 Å². The van der Waals surface area contributed by atoms with E-state index in [0.717, 1.165) is 36.5 Å². The number of hydrogen-bond acceptors (Lipinski definition) is 3. The lowest BCUT2D eigenvalue weighted by molar-refractivity contribution is 0.0930. The zero-order valence-electron chi connectivity index (χ0n) is 13.9. The fourth-order valence-corrected chi connectivity index (χ4v) is 3.26. The van der Waals surface area contributed by atoms with Crippen LogP contribution in [0.1, 0.15) is 40.0 Å². The van der Waals surface area contributed by atoms with Crippen molar-refractivity contribution >= 4 is 5.91 Å². The summed E-state index contributed by atoms with van der Waals surface area (Å²) in [6.07, 6.45) is 6.35. The molecule has 1 aromatic carbocycles. The first-order valence-corrected chi connectivity index (χ1v) is 8.61. The number of hydrogen-bond donors (Lipinski definition) is 1. The first kappa shape index (κ1) is 15.6. The molecule has 0 spiro atoms. The molecule has 25 heavy (non-hydrogen) atoms. The van der Waals surface area contributed by atoms with Gasteiger partial charge in [0.2, 0.25) is 0 Å². The van der Waals surface area contributed by atoms with Crippen LogP contribution in [0.25, 0.3) is 0 Å². The smallest absolute Gasteiger partial charge is 0.272 e. The Bertz CT molecular complexity index is 836. The molecule has 3 aromatic rings. The molecule has 5 heteroatoms. The Morgan fingerprint density at radius 1 is 1.16 bits per heavy atom. The van der Waals surface area contributed by atoms with E-state index in [1.165, 1.54) is 0 Å². The van der Waals surface area contributed by atoms with Crippen LogP contribution in [0.3, 0.4) is 0 Å². The van der Waals surface area contributed by atoms with Gasteiger partial charge in [0, 0.05) is 25.4 Å². The van der Waals surface area contributed by atoms with Crippen molar-refractivity contribution < 1.29 is 4.79 Å². The average molecular weight is 332 g/mol. The maximum Gasteiger partial charge on any atom is 0.272 e. The molecule has 0 saturated heterocycles. The molecule has 0 bridgehead atoms. The van der Waals surface area contributed by atoms with E-state index in [4.69, 9.17) is 0 Å². The molecule has 1 atom stereocenters. The van der Waals surface area contributed by atoms with E-state index in [0.29, 0.717) is 12.1 Å². The van der Waals surface area contributed by atoms with Crippen molar-refractivity contribution in [1.29, 1.82) is 0 Å². The summed E-state index contributed by atoms with van der Waals surface area (Å²) in [7, 11) is 0. The average Bonchev–Trinajstić information content (AvgIpc) is 3.25. The lowest BCUT2D eigenvalue weighted by atomic mass is 10.0. The molecule has 0 saturated carbocycles. The number of nitrogens with zero attached hydrogens (tertiary/aromatic N) is 3. The number of aromatic nitrogens is 3. The van der Waals surface area contributed by atoms with Gasteiger partial charge in [-0.3, -0.25) is 9.78 Å². The highest BCUT2D eigenvalue weighted by Crippen LogP contribution is 2.19. The minimum Gasteiger partial charge on any atom is -0.342 e. The maximum atomic E-state index is 12.7. The lowest BCUT2D eigenvalue weighted by Gasteiger charge is -2.18. The van der Waals surface area contributed by atoms with Gasteiger partial charge in [-0.25, -0.2) is 4.98 Å². The molecule has 0 fully saturated rings. The molecule has 0 aliphatic carbocycles. The van der Waals surface area contributed by atoms with Gasteiger partial charge >= 0.3 is 0 Å². The number of nitrogens with one attached hydrogen (secondary N) is 1. The number of pyridine rings is 1. The van der Waals surface area contributed by atoms with E-state index in [2.05, 4.69) is 32.0 Å². The molecule has 1 amide bonds. The van der Waals surface area contributed by atoms with Gasteiger partial charge < -0.3 is 9.88 Å². The van der Waals surface area contributed by atoms with Crippen molar-refractivity contribution in [3.05, 3.63) is 83.7 Å². The summed E-state index contributed by atoms with van der Waals surface area (Å²) in [6, 6.07) is 15.7. The third-order valence-corrected chi connectivity index (χ3v) is 4.52. The Morgan fingerprint density at radius 3 is 2.76 bits per heavy atom. The molecule has 1 N–H and O–H groups in total. The summed E-state index contributed by atoms with van der Waals surface area (Å²) in [4.78, 5) is 21.6. The largest absolute Gasteiger partial charge is 0.342 e. The van der Waals surface area contributed by atoms with Crippen molar-refractivity contribution in [2.24, 2.45) is 0 Å². The summed E-state index contributed by atoms with van der Waals surface area (Å²) < 4.78 is 2.07. The predicted molar refractivity (Wildman–Crippen MR) is 95.1 cm³/mol. The highest BCUT2D eigenvalue weighted by molar-refractivity contribution is 5.92. The number of aryl methyl sites for hydroxylation is 2. The summed E-state index contributed by atoms with van der Waals surface area (Å²) in [5.74, 6) is 0.857. The highest BCUT2D eigenvalue weighted by atomic mass is 16.2. The number of carbonyl (C=O) groups is 1. The molecule has 1 aliphatic rings. The number of amides is 1. The van der Waals surface area contributed by atoms with E-state index < -0.39 is 0 Å². The summed E-state index contributed by atoms with van der Waals surface area (Å²) >= 11 is 0. The Labute approximate surface area is 146 Å². The first-order valence-electron chi connectivity index (χ1n) is 8.61. The van der Waals surface area contributed by atoms with Crippen molar-refractivity contribution in [1.82, 2.24) is 19.9 Å². The van der Waals surface area contributed by atoms with Crippen LogP contribution in [0.2, 0.25) is 0 Å². The van der Waals surface area contributed by atoms with Gasteiger partial charge in [-0.15, -0.1) is 0 Å². The highest BCUT2D eigenvalue weighted by Gasteiger charge is 2.21. The van der Waals surface area contributed by atoms with Crippen LogP contribution < -0.4 is 5.32 Å². The zero-order chi connectivity index (χ0) is 17.1. The molecular weight excluding hydrogens is 312 g/mol. The number of benzene rings is 1. The zero-order valence-corrected chi connectivity index (χ0v) is 13.9.